The maximum absolute atomic E-state index is 13.3. The van der Waals surface area contributed by atoms with Crippen molar-refractivity contribution < 1.29 is 12.8 Å². The van der Waals surface area contributed by atoms with Gasteiger partial charge in [-0.1, -0.05) is 57.4 Å². The van der Waals surface area contributed by atoms with Gasteiger partial charge in [0.25, 0.3) is 0 Å². The quantitative estimate of drug-likeness (QED) is 0.316. The normalized spacial score (nSPS) is 11.5. The molecule has 4 rings (SSSR count). The van der Waals surface area contributed by atoms with E-state index >= 15 is 0 Å². The molecule has 0 unspecified atom stereocenters. The third kappa shape index (κ3) is 4.84. The average molecular weight is 518 g/mol. The summed E-state index contributed by atoms with van der Waals surface area (Å²) in [4.78, 5) is 4.46. The number of benzene rings is 3. The molecule has 1 heterocycles. The Balaban J connectivity index is 1.74. The number of rotatable bonds is 6. The lowest BCUT2D eigenvalue weighted by Crippen LogP contribution is -2.07. The van der Waals surface area contributed by atoms with Crippen molar-refractivity contribution in [2.24, 2.45) is 0 Å². The van der Waals surface area contributed by atoms with E-state index in [4.69, 9.17) is 16.0 Å². The molecule has 0 atom stereocenters. The first kappa shape index (κ1) is 21.6. The highest BCUT2D eigenvalue weighted by Crippen LogP contribution is 2.33. The molecule has 0 aliphatic carbocycles. The van der Waals surface area contributed by atoms with Crippen LogP contribution < -0.4 is 5.32 Å². The summed E-state index contributed by atoms with van der Waals surface area (Å²) in [5.74, 6) is 0.284. The minimum Gasteiger partial charge on any atom is -0.419 e. The monoisotopic (exact) mass is 516 g/mol. The van der Waals surface area contributed by atoms with Crippen LogP contribution in [0.4, 0.5) is 5.88 Å². The molecule has 158 valence electrons. The fourth-order valence-corrected chi connectivity index (χ4v) is 4.60. The van der Waals surface area contributed by atoms with E-state index in [1.165, 1.54) is 12.1 Å². The lowest BCUT2D eigenvalue weighted by Gasteiger charge is -2.07. The maximum atomic E-state index is 13.3. The molecule has 0 amide bonds. The molecular weight excluding hydrogens is 500 g/mol. The van der Waals surface area contributed by atoms with Crippen LogP contribution >= 0.6 is 27.5 Å². The summed E-state index contributed by atoms with van der Waals surface area (Å²) < 4.78 is 33.3. The number of sulfone groups is 1. The van der Waals surface area contributed by atoms with Crippen LogP contribution in [-0.2, 0) is 16.4 Å². The van der Waals surface area contributed by atoms with Crippen molar-refractivity contribution in [3.05, 3.63) is 93.4 Å². The van der Waals surface area contributed by atoms with Crippen LogP contribution in [0.25, 0.3) is 11.5 Å². The van der Waals surface area contributed by atoms with Crippen LogP contribution in [0.5, 0.6) is 0 Å². The van der Waals surface area contributed by atoms with Crippen molar-refractivity contribution in [3.63, 3.8) is 0 Å². The lowest BCUT2D eigenvalue weighted by molar-refractivity contribution is 0.576. The Morgan fingerprint density at radius 3 is 2.26 bits per heavy atom. The summed E-state index contributed by atoms with van der Waals surface area (Å²) in [5.41, 5.74) is 2.76. The van der Waals surface area contributed by atoms with Crippen LogP contribution in [-0.4, -0.2) is 13.4 Å². The summed E-state index contributed by atoms with van der Waals surface area (Å²) in [5, 5.41) is 3.50. The molecule has 0 aliphatic rings. The Bertz CT molecular complexity index is 1300. The SMILES string of the molecule is Cc1ccc(CNc2oc(-c3ccc(Cl)cc3)nc2S(=O)(=O)c2ccc(Br)cc2)cc1. The van der Waals surface area contributed by atoms with Crippen LogP contribution in [0.2, 0.25) is 5.02 Å². The van der Waals surface area contributed by atoms with Crippen molar-refractivity contribution in [1.82, 2.24) is 4.98 Å². The Morgan fingerprint density at radius 2 is 1.61 bits per heavy atom. The average Bonchev–Trinajstić information content (AvgIpc) is 3.19. The number of anilines is 1. The highest BCUT2D eigenvalue weighted by molar-refractivity contribution is 9.10. The molecule has 5 nitrogen and oxygen atoms in total. The minimum atomic E-state index is -3.91. The number of aromatic nitrogens is 1. The summed E-state index contributed by atoms with van der Waals surface area (Å²) in [7, 11) is -3.91. The maximum Gasteiger partial charge on any atom is 0.234 e. The molecule has 1 N–H and O–H groups in total. The third-order valence-electron chi connectivity index (χ3n) is 4.64. The standard InChI is InChI=1S/C23H18BrClN2O3S/c1-15-2-4-16(5-3-15)14-26-22-23(31(28,29)20-12-8-18(24)9-13-20)27-21(30-22)17-6-10-19(25)11-7-17/h2-13,26H,14H2,1H3. The minimum absolute atomic E-state index is 0.0912. The van der Waals surface area contributed by atoms with Gasteiger partial charge >= 0.3 is 0 Å². The topological polar surface area (TPSA) is 72.2 Å². The number of halogens is 2. The fourth-order valence-electron chi connectivity index (χ4n) is 2.93. The molecule has 4 aromatic rings. The molecule has 0 aliphatic heterocycles. The molecule has 0 spiro atoms. The molecular formula is C23H18BrClN2O3S. The molecule has 1 aromatic heterocycles. The molecule has 3 aromatic carbocycles. The Labute approximate surface area is 194 Å². The van der Waals surface area contributed by atoms with E-state index < -0.39 is 9.84 Å². The lowest BCUT2D eigenvalue weighted by atomic mass is 10.1. The second-order valence-electron chi connectivity index (χ2n) is 6.96. The highest BCUT2D eigenvalue weighted by Gasteiger charge is 2.28. The first-order valence-electron chi connectivity index (χ1n) is 9.40. The number of nitrogens with zero attached hydrogens (tertiary/aromatic N) is 1. The van der Waals surface area contributed by atoms with Crippen LogP contribution in [0.15, 0.2) is 91.6 Å². The summed E-state index contributed by atoms with van der Waals surface area (Å²) >= 11 is 9.29. The van der Waals surface area contributed by atoms with Crippen molar-refractivity contribution in [2.45, 2.75) is 23.4 Å². The van der Waals surface area contributed by atoms with E-state index in [1.807, 2.05) is 31.2 Å². The number of oxazole rings is 1. The molecule has 0 saturated carbocycles. The molecule has 0 radical (unpaired) electrons. The van der Waals surface area contributed by atoms with E-state index in [2.05, 4.69) is 26.2 Å². The van der Waals surface area contributed by atoms with Gasteiger partial charge in [0, 0.05) is 21.6 Å². The number of hydrogen-bond donors (Lipinski definition) is 1. The Hall–Kier alpha value is -2.61. The summed E-state index contributed by atoms with van der Waals surface area (Å²) in [6, 6.07) is 21.2. The molecule has 0 bridgehead atoms. The van der Waals surface area contributed by atoms with Crippen LogP contribution in [0.1, 0.15) is 11.1 Å². The molecule has 0 fully saturated rings. The Kier molecular flexibility index (Phi) is 6.18. The van der Waals surface area contributed by atoms with Gasteiger partial charge in [-0.05, 0) is 61.0 Å². The number of nitrogens with one attached hydrogen (secondary N) is 1. The van der Waals surface area contributed by atoms with Gasteiger partial charge in [0.05, 0.1) is 4.90 Å². The van der Waals surface area contributed by atoms with Gasteiger partial charge < -0.3 is 9.73 Å². The van der Waals surface area contributed by atoms with Gasteiger partial charge in [0.2, 0.25) is 26.6 Å². The predicted molar refractivity (Wildman–Crippen MR) is 125 cm³/mol. The largest absolute Gasteiger partial charge is 0.419 e. The zero-order valence-electron chi connectivity index (χ0n) is 16.5. The van der Waals surface area contributed by atoms with Crippen molar-refractivity contribution in [3.8, 4) is 11.5 Å². The third-order valence-corrected chi connectivity index (χ3v) is 7.10. The molecule has 0 saturated heterocycles. The van der Waals surface area contributed by atoms with Gasteiger partial charge in [-0.25, -0.2) is 8.42 Å². The van der Waals surface area contributed by atoms with Crippen molar-refractivity contribution in [2.75, 3.05) is 5.32 Å². The van der Waals surface area contributed by atoms with E-state index in [9.17, 15) is 8.42 Å². The van der Waals surface area contributed by atoms with E-state index in [0.29, 0.717) is 17.1 Å². The Morgan fingerprint density at radius 1 is 0.968 bits per heavy atom. The first-order chi connectivity index (χ1) is 14.8. The number of hydrogen-bond acceptors (Lipinski definition) is 5. The summed E-state index contributed by atoms with van der Waals surface area (Å²) in [6.45, 7) is 2.40. The van der Waals surface area contributed by atoms with Gasteiger partial charge in [-0.3, -0.25) is 0 Å². The van der Waals surface area contributed by atoms with Crippen molar-refractivity contribution >= 4 is 43.3 Å². The fraction of sp³-hybridized carbons (Fsp3) is 0.0870. The van der Waals surface area contributed by atoms with Gasteiger partial charge in [-0.2, -0.15) is 4.98 Å². The van der Waals surface area contributed by atoms with Crippen LogP contribution in [0, 0.1) is 6.92 Å². The first-order valence-corrected chi connectivity index (χ1v) is 12.1. The number of aryl methyl sites for hydroxylation is 1. The highest BCUT2D eigenvalue weighted by atomic mass is 79.9. The van der Waals surface area contributed by atoms with Gasteiger partial charge in [0.15, 0.2) is 0 Å². The van der Waals surface area contributed by atoms with E-state index in [1.54, 1.807) is 36.4 Å². The van der Waals surface area contributed by atoms with Crippen LogP contribution in [0.3, 0.4) is 0 Å². The van der Waals surface area contributed by atoms with Gasteiger partial charge in [0.1, 0.15) is 0 Å². The van der Waals surface area contributed by atoms with E-state index in [-0.39, 0.29) is 21.7 Å². The predicted octanol–water partition coefficient (Wildman–Crippen LogP) is 6.51. The van der Waals surface area contributed by atoms with Crippen molar-refractivity contribution in [1.29, 1.82) is 0 Å². The molecule has 8 heteroatoms. The summed E-state index contributed by atoms with van der Waals surface area (Å²) in [6.07, 6.45) is 0. The second-order valence-corrected chi connectivity index (χ2v) is 10.2. The second kappa shape index (κ2) is 8.86. The smallest absolute Gasteiger partial charge is 0.234 e. The zero-order chi connectivity index (χ0) is 22.0. The zero-order valence-corrected chi connectivity index (χ0v) is 19.6. The van der Waals surface area contributed by atoms with E-state index in [0.717, 1.165) is 15.6 Å². The molecule has 31 heavy (non-hydrogen) atoms. The van der Waals surface area contributed by atoms with Gasteiger partial charge in [-0.15, -0.1) is 0 Å².